The largest absolute Gasteiger partial charge is 0.465 e. The molecule has 0 aromatic heterocycles. The van der Waals surface area contributed by atoms with E-state index in [0.717, 1.165) is 5.56 Å². The van der Waals surface area contributed by atoms with Crippen LogP contribution in [0.2, 0.25) is 5.02 Å². The summed E-state index contributed by atoms with van der Waals surface area (Å²) >= 11 is 6.06. The Morgan fingerprint density at radius 2 is 1.88 bits per heavy atom. The van der Waals surface area contributed by atoms with E-state index in [-0.39, 0.29) is 34.0 Å². The van der Waals surface area contributed by atoms with Crippen LogP contribution < -0.4 is 5.73 Å². The third-order valence-corrected chi connectivity index (χ3v) is 6.68. The lowest BCUT2D eigenvalue weighted by Gasteiger charge is -2.17. The van der Waals surface area contributed by atoms with E-state index in [1.807, 2.05) is 30.3 Å². The van der Waals surface area contributed by atoms with Gasteiger partial charge in [-0.1, -0.05) is 41.9 Å². The number of hydrogen-bond acceptors (Lipinski definition) is 5. The Balaban J connectivity index is 1.87. The van der Waals surface area contributed by atoms with Crippen molar-refractivity contribution in [1.82, 2.24) is 4.31 Å². The number of rotatable bonds is 4. The minimum Gasteiger partial charge on any atom is -0.465 e. The van der Waals surface area contributed by atoms with E-state index >= 15 is 0 Å². The number of sulfonamides is 1. The van der Waals surface area contributed by atoms with Gasteiger partial charge in [-0.2, -0.15) is 4.31 Å². The molecule has 138 valence electrons. The molecule has 1 heterocycles. The van der Waals surface area contributed by atoms with Crippen LogP contribution in [0, 0.1) is 0 Å². The molecule has 0 bridgehead atoms. The van der Waals surface area contributed by atoms with Gasteiger partial charge in [-0.05, 0) is 23.8 Å². The van der Waals surface area contributed by atoms with E-state index in [1.54, 1.807) is 0 Å². The molecule has 6 nitrogen and oxygen atoms in total. The van der Waals surface area contributed by atoms with Gasteiger partial charge in [0.05, 0.1) is 22.6 Å². The van der Waals surface area contributed by atoms with Gasteiger partial charge in [-0.3, -0.25) is 0 Å². The average Bonchev–Trinajstić information content (AvgIpc) is 3.04. The molecule has 0 unspecified atom stereocenters. The van der Waals surface area contributed by atoms with E-state index in [2.05, 4.69) is 4.74 Å². The Morgan fingerprint density at radius 1 is 1.19 bits per heavy atom. The third-order valence-electron chi connectivity index (χ3n) is 4.54. The highest BCUT2D eigenvalue weighted by Crippen LogP contribution is 2.31. The van der Waals surface area contributed by atoms with Crippen LogP contribution in [0.1, 0.15) is 21.8 Å². The minimum absolute atomic E-state index is 0.0241. The van der Waals surface area contributed by atoms with E-state index in [1.165, 1.54) is 29.6 Å². The molecule has 8 heteroatoms. The fourth-order valence-corrected chi connectivity index (χ4v) is 4.97. The van der Waals surface area contributed by atoms with Crippen molar-refractivity contribution in [2.24, 2.45) is 5.73 Å². The van der Waals surface area contributed by atoms with Gasteiger partial charge in [0, 0.05) is 25.0 Å². The number of carbonyl (C=O) groups is 1. The van der Waals surface area contributed by atoms with Crippen molar-refractivity contribution in [3.63, 3.8) is 0 Å². The first-order valence-electron chi connectivity index (χ1n) is 8.03. The predicted molar refractivity (Wildman–Crippen MR) is 98.7 cm³/mol. The lowest BCUT2D eigenvalue weighted by Crippen LogP contribution is -2.32. The Morgan fingerprint density at radius 3 is 2.50 bits per heavy atom. The van der Waals surface area contributed by atoms with Crippen molar-refractivity contribution >= 4 is 27.6 Å². The van der Waals surface area contributed by atoms with Crippen LogP contribution in [0.15, 0.2) is 53.4 Å². The predicted octanol–water partition coefficient (Wildman–Crippen LogP) is 2.24. The summed E-state index contributed by atoms with van der Waals surface area (Å²) in [6.07, 6.45) is 0. The first kappa shape index (κ1) is 18.8. The van der Waals surface area contributed by atoms with Crippen molar-refractivity contribution in [1.29, 1.82) is 0 Å². The van der Waals surface area contributed by atoms with Gasteiger partial charge in [0.2, 0.25) is 10.0 Å². The molecule has 0 amide bonds. The lowest BCUT2D eigenvalue weighted by atomic mass is 9.95. The number of halogens is 1. The monoisotopic (exact) mass is 394 g/mol. The maximum atomic E-state index is 13.0. The molecule has 3 rings (SSSR count). The quantitative estimate of drug-likeness (QED) is 0.803. The van der Waals surface area contributed by atoms with Crippen LogP contribution >= 0.6 is 11.6 Å². The molecule has 2 aromatic rings. The molecular formula is C18H19ClN2O4S. The second kappa shape index (κ2) is 7.36. The first-order valence-corrected chi connectivity index (χ1v) is 9.85. The van der Waals surface area contributed by atoms with Crippen molar-refractivity contribution in [2.75, 3.05) is 20.2 Å². The standard InChI is InChI=1S/C18H19ClN2O4S/c1-25-18(22)14-8-7-13(9-16(14)19)26(23,24)21-10-15(17(20)11-21)12-5-3-2-4-6-12/h2-9,15,17H,10-11,20H2,1H3/t15-,17+/m0/s1. The summed E-state index contributed by atoms with van der Waals surface area (Å²) in [7, 11) is -2.53. The molecule has 0 saturated carbocycles. The van der Waals surface area contributed by atoms with Crippen LogP contribution in [-0.2, 0) is 14.8 Å². The van der Waals surface area contributed by atoms with Crippen molar-refractivity contribution in [2.45, 2.75) is 16.9 Å². The average molecular weight is 395 g/mol. The van der Waals surface area contributed by atoms with Crippen LogP contribution in [0.25, 0.3) is 0 Å². The molecule has 26 heavy (non-hydrogen) atoms. The Labute approximate surface area is 157 Å². The van der Waals surface area contributed by atoms with E-state index in [9.17, 15) is 13.2 Å². The summed E-state index contributed by atoms with van der Waals surface area (Å²) in [5, 5.41) is 0.0287. The number of hydrogen-bond donors (Lipinski definition) is 1. The molecule has 0 radical (unpaired) electrons. The molecule has 2 atom stereocenters. The van der Waals surface area contributed by atoms with E-state index < -0.39 is 16.0 Å². The van der Waals surface area contributed by atoms with Crippen LogP contribution in [0.5, 0.6) is 0 Å². The molecule has 1 saturated heterocycles. The number of nitrogens with zero attached hydrogens (tertiary/aromatic N) is 1. The molecule has 2 aromatic carbocycles. The molecule has 0 aliphatic carbocycles. The zero-order chi connectivity index (χ0) is 18.9. The Kier molecular flexibility index (Phi) is 5.34. The van der Waals surface area contributed by atoms with Crippen LogP contribution in [0.4, 0.5) is 0 Å². The second-order valence-corrected chi connectivity index (χ2v) is 8.48. The summed E-state index contributed by atoms with van der Waals surface area (Å²) in [6.45, 7) is 0.516. The van der Waals surface area contributed by atoms with Crippen molar-refractivity contribution in [3.8, 4) is 0 Å². The van der Waals surface area contributed by atoms with Gasteiger partial charge in [0.15, 0.2) is 0 Å². The van der Waals surface area contributed by atoms with Gasteiger partial charge in [-0.25, -0.2) is 13.2 Å². The van der Waals surface area contributed by atoms with Crippen molar-refractivity contribution in [3.05, 3.63) is 64.7 Å². The highest BCUT2D eigenvalue weighted by Gasteiger charge is 2.38. The number of esters is 1. The van der Waals surface area contributed by atoms with Crippen LogP contribution in [-0.4, -0.2) is 44.9 Å². The summed E-state index contributed by atoms with van der Waals surface area (Å²) in [6, 6.07) is 13.3. The van der Waals surface area contributed by atoms with Gasteiger partial charge in [-0.15, -0.1) is 0 Å². The zero-order valence-electron chi connectivity index (χ0n) is 14.1. The molecular weight excluding hydrogens is 376 g/mol. The lowest BCUT2D eigenvalue weighted by molar-refractivity contribution is 0.0601. The molecule has 1 fully saturated rings. The molecule has 2 N–H and O–H groups in total. The third kappa shape index (κ3) is 3.48. The summed E-state index contributed by atoms with van der Waals surface area (Å²) in [5.74, 6) is -0.693. The van der Waals surface area contributed by atoms with Gasteiger partial charge in [0.1, 0.15) is 0 Å². The van der Waals surface area contributed by atoms with Gasteiger partial charge in [0.25, 0.3) is 0 Å². The second-order valence-electron chi connectivity index (χ2n) is 6.14. The first-order chi connectivity index (χ1) is 12.3. The number of nitrogens with two attached hydrogens (primary N) is 1. The van der Waals surface area contributed by atoms with E-state index in [0.29, 0.717) is 6.54 Å². The SMILES string of the molecule is COC(=O)c1ccc(S(=O)(=O)N2C[C@@H](N)[C@H](c3ccccc3)C2)cc1Cl. The topological polar surface area (TPSA) is 89.7 Å². The minimum atomic E-state index is -3.77. The fraction of sp³-hybridized carbons (Fsp3) is 0.278. The normalized spacial score (nSPS) is 20.9. The van der Waals surface area contributed by atoms with Gasteiger partial charge >= 0.3 is 5.97 Å². The Hall–Kier alpha value is -1.93. The summed E-state index contributed by atoms with van der Waals surface area (Å²) < 4.78 is 31.9. The number of ether oxygens (including phenoxy) is 1. The molecule has 1 aliphatic heterocycles. The Bertz CT molecular complexity index is 918. The number of carbonyl (C=O) groups excluding carboxylic acids is 1. The molecule has 0 spiro atoms. The fourth-order valence-electron chi connectivity index (χ4n) is 3.12. The highest BCUT2D eigenvalue weighted by molar-refractivity contribution is 7.89. The number of methoxy groups -OCH3 is 1. The maximum absolute atomic E-state index is 13.0. The molecule has 1 aliphatic rings. The highest BCUT2D eigenvalue weighted by atomic mass is 35.5. The van der Waals surface area contributed by atoms with Crippen molar-refractivity contribution < 1.29 is 17.9 Å². The summed E-state index contributed by atoms with van der Waals surface area (Å²) in [5.41, 5.74) is 7.32. The van der Waals surface area contributed by atoms with Gasteiger partial charge < -0.3 is 10.5 Å². The number of benzene rings is 2. The zero-order valence-corrected chi connectivity index (χ0v) is 15.7. The van der Waals surface area contributed by atoms with Crippen LogP contribution in [0.3, 0.4) is 0 Å². The summed E-state index contributed by atoms with van der Waals surface area (Å²) in [4.78, 5) is 11.6. The van der Waals surface area contributed by atoms with E-state index in [4.69, 9.17) is 17.3 Å². The maximum Gasteiger partial charge on any atom is 0.339 e. The smallest absolute Gasteiger partial charge is 0.339 e.